The second-order valence-corrected chi connectivity index (χ2v) is 5.99. The first-order valence-corrected chi connectivity index (χ1v) is 7.51. The van der Waals surface area contributed by atoms with Crippen LogP contribution in [-0.4, -0.2) is 24.3 Å². The number of hydrogen-bond donors (Lipinski definition) is 0. The van der Waals surface area contributed by atoms with Crippen LogP contribution in [0.5, 0.6) is 0 Å². The van der Waals surface area contributed by atoms with Crippen molar-refractivity contribution >= 4 is 34.2 Å². The maximum Gasteiger partial charge on any atom is 0.152 e. The van der Waals surface area contributed by atoms with Gasteiger partial charge in [0.25, 0.3) is 0 Å². The summed E-state index contributed by atoms with van der Waals surface area (Å²) >= 11 is 12.6. The Bertz CT molecular complexity index is 775. The van der Waals surface area contributed by atoms with E-state index in [1.54, 1.807) is 11.0 Å². The van der Waals surface area contributed by atoms with Gasteiger partial charge in [-0.1, -0.05) is 17.7 Å². The van der Waals surface area contributed by atoms with Crippen LogP contribution in [0.3, 0.4) is 0 Å². The van der Waals surface area contributed by atoms with E-state index in [1.165, 1.54) is 0 Å². The molecule has 0 bridgehead atoms. The molecule has 3 rings (SSSR count). The molecule has 2 aromatic heterocycles. The lowest BCUT2D eigenvalue weighted by Crippen LogP contribution is -2.08. The molecule has 0 aliphatic heterocycles. The lowest BCUT2D eigenvalue weighted by atomic mass is 10.3. The molecule has 3 aromatic rings. The van der Waals surface area contributed by atoms with Gasteiger partial charge in [0.1, 0.15) is 12.2 Å². The van der Waals surface area contributed by atoms with Gasteiger partial charge in [0, 0.05) is 20.0 Å². The van der Waals surface area contributed by atoms with Crippen molar-refractivity contribution in [3.05, 3.63) is 41.2 Å². The third-order valence-electron chi connectivity index (χ3n) is 3.31. The zero-order chi connectivity index (χ0) is 15.0. The van der Waals surface area contributed by atoms with Crippen molar-refractivity contribution in [3.8, 4) is 0 Å². The Kier molecular flexibility index (Phi) is 3.87. The van der Waals surface area contributed by atoms with Crippen molar-refractivity contribution in [2.75, 3.05) is 0 Å². The van der Waals surface area contributed by atoms with Crippen LogP contribution in [-0.2, 0) is 20.0 Å². The highest BCUT2D eigenvalue weighted by atomic mass is 35.5. The molecule has 110 valence electrons. The van der Waals surface area contributed by atoms with Crippen molar-refractivity contribution in [1.29, 1.82) is 0 Å². The number of alkyl halides is 1. The number of hydrogen-bond acceptors (Lipinski definition) is 3. The van der Waals surface area contributed by atoms with Crippen LogP contribution < -0.4 is 0 Å². The van der Waals surface area contributed by atoms with E-state index in [0.717, 1.165) is 22.7 Å². The van der Waals surface area contributed by atoms with Gasteiger partial charge in [0.2, 0.25) is 0 Å². The fraction of sp³-hybridized carbons (Fsp3) is 0.357. The van der Waals surface area contributed by atoms with E-state index in [4.69, 9.17) is 23.2 Å². The molecular weight excluding hydrogens is 309 g/mol. The lowest BCUT2D eigenvalue weighted by molar-refractivity contribution is 0.641. The van der Waals surface area contributed by atoms with Crippen LogP contribution in [0.1, 0.15) is 23.9 Å². The summed E-state index contributed by atoms with van der Waals surface area (Å²) < 4.78 is 3.76. The van der Waals surface area contributed by atoms with Gasteiger partial charge in [-0.3, -0.25) is 4.68 Å². The Hall–Kier alpha value is -1.59. The molecule has 0 aliphatic carbocycles. The van der Waals surface area contributed by atoms with Crippen LogP contribution in [0.4, 0.5) is 0 Å². The van der Waals surface area contributed by atoms with E-state index in [-0.39, 0.29) is 5.38 Å². The molecule has 2 heterocycles. The van der Waals surface area contributed by atoms with Crippen molar-refractivity contribution in [3.63, 3.8) is 0 Å². The van der Waals surface area contributed by atoms with Gasteiger partial charge in [-0.05, 0) is 19.1 Å². The summed E-state index contributed by atoms with van der Waals surface area (Å²) in [6.07, 6.45) is 2.40. The predicted molar refractivity (Wildman–Crippen MR) is 83.7 cm³/mol. The van der Waals surface area contributed by atoms with Gasteiger partial charge in [0.05, 0.1) is 21.4 Å². The summed E-state index contributed by atoms with van der Waals surface area (Å²) in [4.78, 5) is 8.84. The molecule has 21 heavy (non-hydrogen) atoms. The number of aromatic nitrogens is 5. The zero-order valence-corrected chi connectivity index (χ0v) is 13.3. The molecule has 5 nitrogen and oxygen atoms in total. The van der Waals surface area contributed by atoms with Gasteiger partial charge in [-0.15, -0.1) is 11.6 Å². The number of nitrogens with zero attached hydrogens (tertiary/aromatic N) is 5. The Morgan fingerprint density at radius 3 is 2.81 bits per heavy atom. The average molecular weight is 324 g/mol. The summed E-state index contributed by atoms with van der Waals surface area (Å²) in [6.45, 7) is 2.60. The number of benzene rings is 1. The summed E-state index contributed by atoms with van der Waals surface area (Å²) in [6, 6.07) is 5.70. The zero-order valence-electron chi connectivity index (χ0n) is 11.8. The van der Waals surface area contributed by atoms with Crippen molar-refractivity contribution in [2.24, 2.45) is 7.05 Å². The minimum absolute atomic E-state index is 0.190. The molecule has 1 aromatic carbocycles. The second kappa shape index (κ2) is 5.66. The molecule has 0 saturated carbocycles. The minimum atomic E-state index is -0.190. The molecule has 7 heteroatoms. The summed E-state index contributed by atoms with van der Waals surface area (Å²) in [7, 11) is 1.85. The van der Waals surface area contributed by atoms with E-state index in [1.807, 2.05) is 32.2 Å². The average Bonchev–Trinajstić information content (AvgIpc) is 3.01. The molecular formula is C14H15Cl2N5. The number of aryl methyl sites for hydroxylation is 3. The fourth-order valence-corrected chi connectivity index (χ4v) is 2.84. The summed E-state index contributed by atoms with van der Waals surface area (Å²) in [5.41, 5.74) is 1.77. The number of para-hydroxylation sites is 1. The Balaban J connectivity index is 2.00. The van der Waals surface area contributed by atoms with Crippen LogP contribution in [0.25, 0.3) is 11.0 Å². The summed E-state index contributed by atoms with van der Waals surface area (Å²) in [5, 5.41) is 4.78. The number of imidazole rings is 1. The first-order valence-electron chi connectivity index (χ1n) is 6.69. The highest BCUT2D eigenvalue weighted by molar-refractivity contribution is 6.35. The number of rotatable bonds is 4. The van der Waals surface area contributed by atoms with Crippen LogP contribution >= 0.6 is 23.2 Å². The third kappa shape index (κ3) is 2.76. The molecule has 0 spiro atoms. The van der Waals surface area contributed by atoms with Gasteiger partial charge in [-0.2, -0.15) is 5.10 Å². The highest BCUT2D eigenvalue weighted by Crippen LogP contribution is 2.29. The van der Waals surface area contributed by atoms with Crippen molar-refractivity contribution < 1.29 is 0 Å². The lowest BCUT2D eigenvalue weighted by Gasteiger charge is -2.10. The summed E-state index contributed by atoms with van der Waals surface area (Å²) in [5.74, 6) is 1.61. The van der Waals surface area contributed by atoms with E-state index in [2.05, 4.69) is 19.6 Å². The van der Waals surface area contributed by atoms with E-state index >= 15 is 0 Å². The SMILES string of the molecule is CC(Cl)c1nc2cccc(Cl)c2n1CCc1ncn(C)n1. The minimum Gasteiger partial charge on any atom is -0.325 e. The van der Waals surface area contributed by atoms with Crippen molar-refractivity contribution in [1.82, 2.24) is 24.3 Å². The highest BCUT2D eigenvalue weighted by Gasteiger charge is 2.17. The molecule has 1 unspecified atom stereocenters. The van der Waals surface area contributed by atoms with Gasteiger partial charge >= 0.3 is 0 Å². The fourth-order valence-electron chi connectivity index (χ4n) is 2.40. The first-order chi connectivity index (χ1) is 10.1. The first kappa shape index (κ1) is 14.4. The van der Waals surface area contributed by atoms with Crippen molar-refractivity contribution in [2.45, 2.75) is 25.3 Å². The normalized spacial score (nSPS) is 13.0. The predicted octanol–water partition coefficient (Wildman–Crippen LogP) is 3.36. The number of fused-ring (bicyclic) bond motifs is 1. The standard InChI is InChI=1S/C14H15Cl2N5/c1-9(15)14-18-11-5-3-4-10(16)13(11)21(14)7-6-12-17-8-20(2)19-12/h3-5,8-9H,6-7H2,1-2H3. The molecule has 1 atom stereocenters. The second-order valence-electron chi connectivity index (χ2n) is 4.93. The number of halogens is 2. The van der Waals surface area contributed by atoms with Crippen LogP contribution in [0.15, 0.2) is 24.5 Å². The van der Waals surface area contributed by atoms with E-state index in [0.29, 0.717) is 18.0 Å². The molecule has 0 amide bonds. The molecule has 0 N–H and O–H groups in total. The van der Waals surface area contributed by atoms with Gasteiger partial charge < -0.3 is 4.57 Å². The molecule has 0 radical (unpaired) electrons. The maximum absolute atomic E-state index is 6.33. The topological polar surface area (TPSA) is 48.5 Å². The van der Waals surface area contributed by atoms with Crippen LogP contribution in [0.2, 0.25) is 5.02 Å². The Morgan fingerprint density at radius 2 is 2.14 bits per heavy atom. The largest absolute Gasteiger partial charge is 0.325 e. The van der Waals surface area contributed by atoms with E-state index < -0.39 is 0 Å². The van der Waals surface area contributed by atoms with E-state index in [9.17, 15) is 0 Å². The molecule has 0 aliphatic rings. The smallest absolute Gasteiger partial charge is 0.152 e. The monoisotopic (exact) mass is 323 g/mol. The Labute approximate surface area is 132 Å². The Morgan fingerprint density at radius 1 is 1.33 bits per heavy atom. The third-order valence-corrected chi connectivity index (χ3v) is 3.81. The van der Waals surface area contributed by atoms with Gasteiger partial charge in [0.15, 0.2) is 5.82 Å². The molecule has 0 fully saturated rings. The van der Waals surface area contributed by atoms with Gasteiger partial charge in [-0.25, -0.2) is 9.97 Å². The molecule has 0 saturated heterocycles. The van der Waals surface area contributed by atoms with Crippen LogP contribution in [0, 0.1) is 0 Å². The quantitative estimate of drug-likeness (QED) is 0.692. The maximum atomic E-state index is 6.33.